The van der Waals surface area contributed by atoms with Gasteiger partial charge in [0.2, 0.25) is 0 Å². The van der Waals surface area contributed by atoms with Crippen molar-refractivity contribution in [3.05, 3.63) is 29.3 Å². The highest BCUT2D eigenvalue weighted by Gasteiger charge is 2.29. The lowest BCUT2D eigenvalue weighted by molar-refractivity contribution is 0.0265. The molecule has 0 unspecified atom stereocenters. The minimum atomic E-state index is -0.166. The van der Waals surface area contributed by atoms with Gasteiger partial charge in [0.1, 0.15) is 0 Å². The van der Waals surface area contributed by atoms with Crippen molar-refractivity contribution in [1.29, 1.82) is 0 Å². The van der Waals surface area contributed by atoms with Crippen LogP contribution in [0.1, 0.15) is 35.7 Å². The number of nitrogens with zero attached hydrogens (tertiary/aromatic N) is 1. The Hall–Kier alpha value is -1.55. The molecule has 1 fully saturated rings. The number of carbonyl (C=O) groups excluding carboxylic acids is 1. The summed E-state index contributed by atoms with van der Waals surface area (Å²) in [6.07, 6.45) is 1.46. The molecule has 4 heteroatoms. The van der Waals surface area contributed by atoms with E-state index in [0.717, 1.165) is 42.7 Å². The number of carbonyl (C=O) groups is 1. The van der Waals surface area contributed by atoms with Gasteiger partial charge in [-0.3, -0.25) is 4.79 Å². The van der Waals surface area contributed by atoms with Crippen LogP contribution < -0.4 is 5.32 Å². The predicted octanol–water partition coefficient (Wildman–Crippen LogP) is 2.27. The number of aliphatic hydroxyl groups is 1. The van der Waals surface area contributed by atoms with Crippen LogP contribution in [0, 0.1) is 12.8 Å². The Morgan fingerprint density at radius 1 is 1.45 bits per heavy atom. The van der Waals surface area contributed by atoms with Crippen molar-refractivity contribution in [2.45, 2.75) is 32.8 Å². The average Bonchev–Trinajstić information content (AvgIpc) is 2.36. The lowest BCUT2D eigenvalue weighted by atomic mass is 9.82. The van der Waals surface area contributed by atoms with E-state index in [1.807, 2.05) is 39.1 Å². The van der Waals surface area contributed by atoms with Crippen LogP contribution in [0.5, 0.6) is 0 Å². The van der Waals surface area contributed by atoms with Crippen LogP contribution in [0.4, 0.5) is 5.69 Å². The van der Waals surface area contributed by atoms with E-state index in [1.165, 1.54) is 0 Å². The van der Waals surface area contributed by atoms with E-state index in [1.54, 1.807) is 4.90 Å². The van der Waals surface area contributed by atoms with Gasteiger partial charge in [-0.1, -0.05) is 6.07 Å². The molecule has 1 amide bonds. The second kappa shape index (κ2) is 6.27. The molecule has 1 aliphatic carbocycles. The van der Waals surface area contributed by atoms with Crippen molar-refractivity contribution in [3.8, 4) is 0 Å². The zero-order chi connectivity index (χ0) is 14.7. The fourth-order valence-electron chi connectivity index (χ4n) is 2.71. The largest absolute Gasteiger partial charge is 0.393 e. The number of aryl methyl sites for hydroxylation is 1. The third-order valence-electron chi connectivity index (χ3n) is 3.86. The Morgan fingerprint density at radius 2 is 2.15 bits per heavy atom. The molecule has 1 aliphatic rings. The molecular weight excluding hydrogens is 252 g/mol. The molecule has 2 N–H and O–H groups in total. The molecule has 0 saturated heterocycles. The average molecular weight is 276 g/mol. The highest BCUT2D eigenvalue weighted by atomic mass is 16.3. The predicted molar refractivity (Wildman–Crippen MR) is 81.0 cm³/mol. The van der Waals surface area contributed by atoms with Gasteiger partial charge in [0.05, 0.1) is 11.7 Å². The van der Waals surface area contributed by atoms with E-state index in [2.05, 4.69) is 5.32 Å². The van der Waals surface area contributed by atoms with Crippen LogP contribution in [-0.4, -0.2) is 42.2 Å². The quantitative estimate of drug-likeness (QED) is 0.867. The molecule has 1 aromatic carbocycles. The monoisotopic (exact) mass is 276 g/mol. The number of amides is 1. The Labute approximate surface area is 120 Å². The van der Waals surface area contributed by atoms with Crippen molar-refractivity contribution >= 4 is 11.6 Å². The maximum absolute atomic E-state index is 12.5. The van der Waals surface area contributed by atoms with Gasteiger partial charge in [-0.05, 0) is 50.3 Å². The minimum absolute atomic E-state index is 0.0438. The molecule has 0 bridgehead atoms. The molecule has 0 aromatic heterocycles. The number of nitrogens with one attached hydrogen (secondary N) is 1. The SMILES string of the molecule is CCNc1cc(C)ccc1C(=O)N(C)CC1CC(O)C1. The molecule has 0 atom stereocenters. The number of aliphatic hydroxyl groups excluding tert-OH is 1. The van der Waals surface area contributed by atoms with E-state index in [9.17, 15) is 9.90 Å². The molecular formula is C16H24N2O2. The number of rotatable bonds is 5. The van der Waals surface area contributed by atoms with E-state index in [-0.39, 0.29) is 12.0 Å². The van der Waals surface area contributed by atoms with Crippen molar-refractivity contribution in [3.63, 3.8) is 0 Å². The third-order valence-corrected chi connectivity index (χ3v) is 3.86. The molecule has 20 heavy (non-hydrogen) atoms. The van der Waals surface area contributed by atoms with E-state index in [0.29, 0.717) is 5.92 Å². The lowest BCUT2D eigenvalue weighted by Crippen LogP contribution is -2.39. The molecule has 0 radical (unpaired) electrons. The van der Waals surface area contributed by atoms with Crippen LogP contribution in [0.2, 0.25) is 0 Å². The van der Waals surface area contributed by atoms with Gasteiger partial charge < -0.3 is 15.3 Å². The molecule has 0 heterocycles. The maximum Gasteiger partial charge on any atom is 0.255 e. The maximum atomic E-state index is 12.5. The summed E-state index contributed by atoms with van der Waals surface area (Å²) in [6.45, 7) is 5.56. The van der Waals surface area contributed by atoms with Crippen molar-refractivity contribution in [2.24, 2.45) is 5.92 Å². The second-order valence-electron chi connectivity index (χ2n) is 5.76. The standard InChI is InChI=1S/C16H24N2O2/c1-4-17-15-7-11(2)5-6-14(15)16(20)18(3)10-12-8-13(19)9-12/h5-7,12-13,17,19H,4,8-10H2,1-3H3. The van der Waals surface area contributed by atoms with Crippen LogP contribution >= 0.6 is 0 Å². The summed E-state index contributed by atoms with van der Waals surface area (Å²) in [5.74, 6) is 0.481. The normalized spacial score (nSPS) is 21.2. The number of hydrogen-bond donors (Lipinski definition) is 2. The van der Waals surface area contributed by atoms with Gasteiger partial charge in [-0.25, -0.2) is 0 Å². The molecule has 110 valence electrons. The van der Waals surface area contributed by atoms with Crippen LogP contribution in [0.3, 0.4) is 0 Å². The lowest BCUT2D eigenvalue weighted by Gasteiger charge is -2.34. The topological polar surface area (TPSA) is 52.6 Å². The fraction of sp³-hybridized carbons (Fsp3) is 0.562. The molecule has 4 nitrogen and oxygen atoms in total. The first-order valence-electron chi connectivity index (χ1n) is 7.29. The number of benzene rings is 1. The minimum Gasteiger partial charge on any atom is -0.393 e. The molecule has 0 spiro atoms. The summed E-state index contributed by atoms with van der Waals surface area (Å²) in [4.78, 5) is 14.3. The van der Waals surface area contributed by atoms with Crippen molar-refractivity contribution < 1.29 is 9.90 Å². The molecule has 1 aromatic rings. The Morgan fingerprint density at radius 3 is 2.75 bits per heavy atom. The first kappa shape index (κ1) is 14.9. The first-order valence-corrected chi connectivity index (χ1v) is 7.29. The van der Waals surface area contributed by atoms with Crippen LogP contribution in [0.15, 0.2) is 18.2 Å². The summed E-state index contributed by atoms with van der Waals surface area (Å²) in [6, 6.07) is 5.87. The van der Waals surface area contributed by atoms with Gasteiger partial charge in [-0.15, -0.1) is 0 Å². The van der Waals surface area contributed by atoms with E-state index < -0.39 is 0 Å². The van der Waals surface area contributed by atoms with Gasteiger partial charge in [0.15, 0.2) is 0 Å². The Kier molecular flexibility index (Phi) is 4.65. The van der Waals surface area contributed by atoms with Crippen molar-refractivity contribution in [2.75, 3.05) is 25.5 Å². The fourth-order valence-corrected chi connectivity index (χ4v) is 2.71. The highest BCUT2D eigenvalue weighted by Crippen LogP contribution is 2.28. The summed E-state index contributed by atoms with van der Waals surface area (Å²) >= 11 is 0. The van der Waals surface area contributed by atoms with Crippen molar-refractivity contribution in [1.82, 2.24) is 4.90 Å². The van der Waals surface area contributed by atoms with Gasteiger partial charge in [0.25, 0.3) is 5.91 Å². The summed E-state index contributed by atoms with van der Waals surface area (Å²) in [7, 11) is 1.84. The number of anilines is 1. The third kappa shape index (κ3) is 3.31. The summed E-state index contributed by atoms with van der Waals surface area (Å²) in [5, 5.41) is 12.6. The van der Waals surface area contributed by atoms with Gasteiger partial charge in [0, 0.05) is 25.8 Å². The Balaban J connectivity index is 2.07. The van der Waals surface area contributed by atoms with Crippen LogP contribution in [0.25, 0.3) is 0 Å². The molecule has 2 rings (SSSR count). The second-order valence-corrected chi connectivity index (χ2v) is 5.76. The Bertz CT molecular complexity index is 481. The first-order chi connectivity index (χ1) is 9.51. The summed E-state index contributed by atoms with van der Waals surface area (Å²) in [5.41, 5.74) is 2.76. The zero-order valence-electron chi connectivity index (χ0n) is 12.5. The summed E-state index contributed by atoms with van der Waals surface area (Å²) < 4.78 is 0. The van der Waals surface area contributed by atoms with E-state index in [4.69, 9.17) is 0 Å². The molecule has 0 aliphatic heterocycles. The zero-order valence-corrected chi connectivity index (χ0v) is 12.5. The van der Waals surface area contributed by atoms with Gasteiger partial charge in [-0.2, -0.15) is 0 Å². The number of hydrogen-bond acceptors (Lipinski definition) is 3. The van der Waals surface area contributed by atoms with E-state index >= 15 is 0 Å². The molecule has 1 saturated carbocycles. The van der Waals surface area contributed by atoms with Gasteiger partial charge >= 0.3 is 0 Å². The highest BCUT2D eigenvalue weighted by molar-refractivity contribution is 5.99. The van der Waals surface area contributed by atoms with Crippen LogP contribution in [-0.2, 0) is 0 Å². The smallest absolute Gasteiger partial charge is 0.255 e.